The topological polar surface area (TPSA) is 49.2 Å². The Hall–Kier alpha value is -2.22. The molecule has 0 aliphatic rings. The second-order valence-corrected chi connectivity index (χ2v) is 5.16. The largest absolute Gasteiger partial charge is 0.473 e. The van der Waals surface area contributed by atoms with Crippen molar-refractivity contribution in [3.63, 3.8) is 0 Å². The molecule has 0 amide bonds. The van der Waals surface area contributed by atoms with Crippen molar-refractivity contribution in [3.05, 3.63) is 41.6 Å². The number of allylic oxidation sites excluding steroid dienone is 1. The molecule has 2 heterocycles. The summed E-state index contributed by atoms with van der Waals surface area (Å²) in [7, 11) is 1.36. The quantitative estimate of drug-likeness (QED) is 0.574. The first-order valence-electron chi connectivity index (χ1n) is 6.91. The minimum atomic E-state index is -4.54. The van der Waals surface area contributed by atoms with Gasteiger partial charge >= 0.3 is 6.18 Å². The van der Waals surface area contributed by atoms with Gasteiger partial charge in [0.2, 0.25) is 17.6 Å². The van der Waals surface area contributed by atoms with Gasteiger partial charge in [0.15, 0.2) is 5.69 Å². The van der Waals surface area contributed by atoms with Crippen molar-refractivity contribution in [1.82, 2.24) is 14.8 Å². The maximum Gasteiger partial charge on any atom is 0.435 e. The number of aromatic nitrogens is 3. The zero-order valence-electron chi connectivity index (χ0n) is 13.0. The van der Waals surface area contributed by atoms with Crippen LogP contribution in [0.4, 0.5) is 13.2 Å². The second-order valence-electron chi connectivity index (χ2n) is 4.85. The molecule has 0 aliphatic carbocycles. The number of hydrogen-bond donors (Lipinski definition) is 0. The summed E-state index contributed by atoms with van der Waals surface area (Å²) in [6.45, 7) is 2.06. The molecule has 0 saturated carbocycles. The molecule has 0 N–H and O–H groups in total. The lowest BCUT2D eigenvalue weighted by Crippen LogP contribution is -2.06. The number of nitrogens with zero attached hydrogens (tertiary/aromatic N) is 3. The zero-order chi connectivity index (χ0) is 17.7. The molecular formula is C15H15ClF3N3O2. The van der Waals surface area contributed by atoms with Gasteiger partial charge in [-0.1, -0.05) is 12.2 Å². The van der Waals surface area contributed by atoms with E-state index in [2.05, 4.69) is 10.1 Å². The van der Waals surface area contributed by atoms with Gasteiger partial charge in [-0.25, -0.2) is 4.68 Å². The fourth-order valence-corrected chi connectivity index (χ4v) is 1.91. The number of pyridine rings is 1. The molecular weight excluding hydrogens is 347 g/mol. The van der Waals surface area contributed by atoms with Crippen LogP contribution in [0.3, 0.4) is 0 Å². The predicted molar refractivity (Wildman–Crippen MR) is 82.6 cm³/mol. The third-order valence-electron chi connectivity index (χ3n) is 2.84. The molecule has 0 bridgehead atoms. The van der Waals surface area contributed by atoms with E-state index >= 15 is 0 Å². The van der Waals surface area contributed by atoms with E-state index in [1.54, 1.807) is 31.2 Å². The number of ether oxygens (including phenoxy) is 2. The predicted octanol–water partition coefficient (Wildman–Crippen LogP) is 4.11. The summed E-state index contributed by atoms with van der Waals surface area (Å²) >= 11 is 5.51. The van der Waals surface area contributed by atoms with Crippen LogP contribution in [0.15, 0.2) is 30.4 Å². The Bertz CT molecular complexity index is 729. The van der Waals surface area contributed by atoms with E-state index < -0.39 is 11.9 Å². The molecule has 0 aromatic carbocycles. The van der Waals surface area contributed by atoms with Gasteiger partial charge in [0.1, 0.15) is 6.61 Å². The van der Waals surface area contributed by atoms with Gasteiger partial charge in [-0.05, 0) is 12.5 Å². The molecule has 0 radical (unpaired) electrons. The molecule has 24 heavy (non-hydrogen) atoms. The van der Waals surface area contributed by atoms with Gasteiger partial charge in [0.05, 0.1) is 0 Å². The van der Waals surface area contributed by atoms with E-state index in [-0.39, 0.29) is 18.4 Å². The molecule has 5 nitrogen and oxygen atoms in total. The molecule has 0 saturated heterocycles. The Labute approximate surface area is 141 Å². The molecule has 2 aromatic rings. The van der Waals surface area contributed by atoms with E-state index in [9.17, 15) is 13.2 Å². The van der Waals surface area contributed by atoms with Crippen LogP contribution >= 0.6 is 11.6 Å². The molecule has 2 rings (SSSR count). The molecule has 0 spiro atoms. The van der Waals surface area contributed by atoms with E-state index in [4.69, 9.17) is 21.1 Å². The highest BCUT2D eigenvalue weighted by molar-refractivity contribution is 6.18. The van der Waals surface area contributed by atoms with Crippen LogP contribution < -0.4 is 9.47 Å². The normalized spacial score (nSPS) is 11.9. The summed E-state index contributed by atoms with van der Waals surface area (Å²) in [5.41, 5.74) is -0.245. The molecule has 0 aliphatic heterocycles. The maximum absolute atomic E-state index is 12.7. The summed E-state index contributed by atoms with van der Waals surface area (Å²) < 4.78 is 49.8. The minimum absolute atomic E-state index is 0.0755. The number of hydrogen-bond acceptors (Lipinski definition) is 4. The summed E-state index contributed by atoms with van der Waals surface area (Å²) in [6.07, 6.45) is -1.08. The fourth-order valence-electron chi connectivity index (χ4n) is 1.79. The Kier molecular flexibility index (Phi) is 5.71. The second kappa shape index (κ2) is 7.57. The molecule has 0 unspecified atom stereocenters. The smallest absolute Gasteiger partial charge is 0.435 e. The number of halogens is 4. The standard InChI is InChI=1S/C15H15ClF3N3O2/c1-10-7-12(23-6-4-3-5-16)20-13(8-10)24-14-9-11(15(17,18)19)21-22(14)2/h3-4,7-9H,5-6H2,1-2H3. The maximum atomic E-state index is 12.7. The first-order chi connectivity index (χ1) is 11.3. The van der Waals surface area contributed by atoms with Crippen LogP contribution in [0, 0.1) is 6.92 Å². The van der Waals surface area contributed by atoms with Crippen LogP contribution in [0.1, 0.15) is 11.3 Å². The Balaban J connectivity index is 2.16. The van der Waals surface area contributed by atoms with Gasteiger partial charge in [-0.15, -0.1) is 11.6 Å². The summed E-state index contributed by atoms with van der Waals surface area (Å²) in [5, 5.41) is 3.38. The van der Waals surface area contributed by atoms with Crippen molar-refractivity contribution < 1.29 is 22.6 Å². The lowest BCUT2D eigenvalue weighted by atomic mass is 10.3. The van der Waals surface area contributed by atoms with Crippen LogP contribution in [0.5, 0.6) is 17.6 Å². The summed E-state index contributed by atoms with van der Waals surface area (Å²) in [5.74, 6) is 0.708. The third kappa shape index (κ3) is 4.89. The lowest BCUT2D eigenvalue weighted by Gasteiger charge is -2.08. The highest BCUT2D eigenvalue weighted by Crippen LogP contribution is 2.32. The Morgan fingerprint density at radius 3 is 2.54 bits per heavy atom. The molecule has 130 valence electrons. The fraction of sp³-hybridized carbons (Fsp3) is 0.333. The first kappa shape index (κ1) is 18.1. The monoisotopic (exact) mass is 361 g/mol. The van der Waals surface area contributed by atoms with Gasteiger partial charge in [-0.2, -0.15) is 23.3 Å². The van der Waals surface area contributed by atoms with Crippen LogP contribution in [0.2, 0.25) is 0 Å². The molecule has 2 aromatic heterocycles. The lowest BCUT2D eigenvalue weighted by molar-refractivity contribution is -0.141. The molecule has 0 fully saturated rings. The Morgan fingerprint density at radius 2 is 1.92 bits per heavy atom. The number of aryl methyl sites for hydroxylation is 2. The minimum Gasteiger partial charge on any atom is -0.473 e. The third-order valence-corrected chi connectivity index (χ3v) is 3.02. The van der Waals surface area contributed by atoms with Crippen molar-refractivity contribution in [3.8, 4) is 17.6 Å². The highest BCUT2D eigenvalue weighted by atomic mass is 35.5. The molecule has 9 heteroatoms. The van der Waals surface area contributed by atoms with Gasteiger partial charge < -0.3 is 9.47 Å². The van der Waals surface area contributed by atoms with Crippen LogP contribution in [-0.4, -0.2) is 27.3 Å². The van der Waals surface area contributed by atoms with E-state index in [0.717, 1.165) is 16.3 Å². The van der Waals surface area contributed by atoms with E-state index in [1.165, 1.54) is 7.05 Å². The van der Waals surface area contributed by atoms with E-state index in [0.29, 0.717) is 11.8 Å². The first-order valence-corrected chi connectivity index (χ1v) is 7.44. The SMILES string of the molecule is Cc1cc(OCC=CCCl)nc(Oc2cc(C(F)(F)F)nn2C)c1. The summed E-state index contributed by atoms with van der Waals surface area (Å²) in [4.78, 5) is 4.11. The average molecular weight is 362 g/mol. The van der Waals surface area contributed by atoms with Crippen molar-refractivity contribution in [1.29, 1.82) is 0 Å². The summed E-state index contributed by atoms with van der Waals surface area (Å²) in [6, 6.07) is 4.08. The van der Waals surface area contributed by atoms with Crippen molar-refractivity contribution in [2.24, 2.45) is 7.05 Å². The van der Waals surface area contributed by atoms with Gasteiger partial charge in [0.25, 0.3) is 0 Å². The average Bonchev–Trinajstić information content (AvgIpc) is 2.84. The number of alkyl halides is 4. The van der Waals surface area contributed by atoms with Gasteiger partial charge in [0, 0.05) is 31.1 Å². The molecule has 0 atom stereocenters. The van der Waals surface area contributed by atoms with E-state index in [1.807, 2.05) is 0 Å². The zero-order valence-corrected chi connectivity index (χ0v) is 13.7. The van der Waals surface area contributed by atoms with Crippen molar-refractivity contribution >= 4 is 11.6 Å². The van der Waals surface area contributed by atoms with Crippen molar-refractivity contribution in [2.75, 3.05) is 12.5 Å². The van der Waals surface area contributed by atoms with Crippen LogP contribution in [-0.2, 0) is 13.2 Å². The van der Waals surface area contributed by atoms with Crippen LogP contribution in [0.25, 0.3) is 0 Å². The van der Waals surface area contributed by atoms with Gasteiger partial charge in [-0.3, -0.25) is 0 Å². The van der Waals surface area contributed by atoms with Crippen molar-refractivity contribution in [2.45, 2.75) is 13.1 Å². The highest BCUT2D eigenvalue weighted by Gasteiger charge is 2.35. The Morgan fingerprint density at radius 1 is 1.21 bits per heavy atom. The number of rotatable bonds is 6.